The maximum Gasteiger partial charge on any atom is 0.256 e. The van der Waals surface area contributed by atoms with Crippen LogP contribution in [-0.4, -0.2) is 57.7 Å². The van der Waals surface area contributed by atoms with E-state index in [1.165, 1.54) is 0 Å². The smallest absolute Gasteiger partial charge is 0.256 e. The summed E-state index contributed by atoms with van der Waals surface area (Å²) in [5, 5.41) is 13.3. The van der Waals surface area contributed by atoms with Gasteiger partial charge in [-0.15, -0.1) is 0 Å². The summed E-state index contributed by atoms with van der Waals surface area (Å²) in [6.45, 7) is 1.20. The molecule has 2 saturated heterocycles. The molecular weight excluding hydrogens is 356 g/mol. The second-order valence-electron chi connectivity index (χ2n) is 7.63. The third-order valence-electron chi connectivity index (χ3n) is 5.74. The number of carbonyl (C=O) groups excluding carboxylic acids is 1. The Balaban J connectivity index is 1.42. The Labute approximate surface area is 164 Å². The quantitative estimate of drug-likeness (QED) is 0.848. The first-order valence-electron chi connectivity index (χ1n) is 9.78. The minimum Gasteiger partial charge on any atom is -0.393 e. The number of aliphatic hydroxyl groups is 1. The topological polar surface area (TPSA) is 87.6 Å². The molecule has 28 heavy (non-hydrogen) atoms. The number of anilines is 1. The molecular formula is C21H26N4O3. The van der Waals surface area contributed by atoms with Gasteiger partial charge in [-0.1, -0.05) is 30.3 Å². The molecule has 2 fully saturated rings. The fourth-order valence-electron chi connectivity index (χ4n) is 4.22. The van der Waals surface area contributed by atoms with Gasteiger partial charge in [0.05, 0.1) is 23.4 Å². The van der Waals surface area contributed by atoms with E-state index in [1.54, 1.807) is 19.4 Å². The first-order chi connectivity index (χ1) is 13.6. The van der Waals surface area contributed by atoms with Crippen LogP contribution in [-0.2, 0) is 4.74 Å². The first kappa shape index (κ1) is 18.8. The van der Waals surface area contributed by atoms with Crippen LogP contribution in [0.25, 0.3) is 0 Å². The van der Waals surface area contributed by atoms with Crippen LogP contribution < -0.4 is 5.32 Å². The fourth-order valence-corrected chi connectivity index (χ4v) is 4.22. The summed E-state index contributed by atoms with van der Waals surface area (Å²) in [7, 11) is 1.74. The van der Waals surface area contributed by atoms with E-state index >= 15 is 0 Å². The van der Waals surface area contributed by atoms with Crippen LogP contribution in [0.4, 0.5) is 5.95 Å². The number of nitrogens with one attached hydrogen (secondary N) is 1. The van der Waals surface area contributed by atoms with Gasteiger partial charge in [0.25, 0.3) is 5.91 Å². The number of benzene rings is 1. The van der Waals surface area contributed by atoms with Crippen LogP contribution >= 0.6 is 0 Å². The van der Waals surface area contributed by atoms with Crippen molar-refractivity contribution in [3.8, 4) is 0 Å². The van der Waals surface area contributed by atoms with Crippen molar-refractivity contribution in [2.45, 2.75) is 43.5 Å². The number of nitrogens with zero attached hydrogens (tertiary/aromatic N) is 3. The zero-order valence-corrected chi connectivity index (χ0v) is 16.0. The molecule has 3 heterocycles. The summed E-state index contributed by atoms with van der Waals surface area (Å²) < 4.78 is 6.50. The third-order valence-corrected chi connectivity index (χ3v) is 5.74. The van der Waals surface area contributed by atoms with E-state index in [-0.39, 0.29) is 23.7 Å². The Morgan fingerprint density at radius 1 is 1.21 bits per heavy atom. The molecule has 0 bridgehead atoms. The molecule has 1 spiro atoms. The van der Waals surface area contributed by atoms with Gasteiger partial charge in [0.1, 0.15) is 0 Å². The lowest BCUT2D eigenvalue weighted by molar-refractivity contribution is -0.181. The molecule has 0 aliphatic carbocycles. The van der Waals surface area contributed by atoms with Crippen molar-refractivity contribution < 1.29 is 14.6 Å². The van der Waals surface area contributed by atoms with Gasteiger partial charge in [-0.05, 0) is 18.4 Å². The largest absolute Gasteiger partial charge is 0.393 e. The number of aliphatic hydroxyl groups excluding tert-OH is 1. The lowest BCUT2D eigenvalue weighted by Crippen LogP contribution is -2.52. The highest BCUT2D eigenvalue weighted by molar-refractivity contribution is 5.93. The van der Waals surface area contributed by atoms with Crippen LogP contribution in [0.5, 0.6) is 0 Å². The van der Waals surface area contributed by atoms with Crippen molar-refractivity contribution in [1.29, 1.82) is 0 Å². The van der Waals surface area contributed by atoms with E-state index in [4.69, 9.17) is 4.74 Å². The van der Waals surface area contributed by atoms with E-state index in [2.05, 4.69) is 15.3 Å². The molecule has 1 aromatic carbocycles. The molecule has 7 heteroatoms. The number of ether oxygens (including phenoxy) is 1. The monoisotopic (exact) mass is 382 g/mol. The average molecular weight is 382 g/mol. The Kier molecular flexibility index (Phi) is 5.28. The van der Waals surface area contributed by atoms with Crippen LogP contribution in [0.15, 0.2) is 42.7 Å². The average Bonchev–Trinajstić information content (AvgIpc) is 2.74. The summed E-state index contributed by atoms with van der Waals surface area (Å²) in [5.41, 5.74) is 1.21. The van der Waals surface area contributed by atoms with Crippen LogP contribution in [0.2, 0.25) is 0 Å². The predicted octanol–water partition coefficient (Wildman–Crippen LogP) is 2.41. The van der Waals surface area contributed by atoms with Gasteiger partial charge in [0.2, 0.25) is 5.95 Å². The molecule has 2 N–H and O–H groups in total. The number of amides is 1. The Morgan fingerprint density at radius 2 is 1.89 bits per heavy atom. The SMILES string of the molecule is CNc1ncc(C(=O)N2CCC3(CC2)C[C@H](O)C[C@H](c2ccccc2)O3)cn1. The normalized spacial score (nSPS) is 24.1. The van der Waals surface area contributed by atoms with E-state index in [0.29, 0.717) is 50.3 Å². The van der Waals surface area contributed by atoms with Gasteiger partial charge in [0, 0.05) is 45.4 Å². The van der Waals surface area contributed by atoms with Gasteiger partial charge in [-0.25, -0.2) is 9.97 Å². The third kappa shape index (κ3) is 3.86. The highest BCUT2D eigenvalue weighted by Crippen LogP contribution is 2.43. The highest BCUT2D eigenvalue weighted by Gasteiger charge is 2.44. The van der Waals surface area contributed by atoms with Crippen molar-refractivity contribution in [3.05, 3.63) is 53.9 Å². The Morgan fingerprint density at radius 3 is 2.54 bits per heavy atom. The number of rotatable bonds is 3. The zero-order chi connectivity index (χ0) is 19.6. The second kappa shape index (κ2) is 7.85. The molecule has 1 amide bonds. The number of aromatic nitrogens is 2. The number of hydrogen-bond acceptors (Lipinski definition) is 6. The maximum absolute atomic E-state index is 12.8. The zero-order valence-electron chi connectivity index (χ0n) is 16.0. The lowest BCUT2D eigenvalue weighted by Gasteiger charge is -2.48. The van der Waals surface area contributed by atoms with Crippen LogP contribution in [0.3, 0.4) is 0 Å². The molecule has 4 rings (SSSR count). The minimum absolute atomic E-state index is 0.0616. The van der Waals surface area contributed by atoms with E-state index in [1.807, 2.05) is 35.2 Å². The van der Waals surface area contributed by atoms with E-state index in [0.717, 1.165) is 5.56 Å². The molecule has 0 radical (unpaired) electrons. The van der Waals surface area contributed by atoms with Crippen molar-refractivity contribution >= 4 is 11.9 Å². The maximum atomic E-state index is 12.8. The summed E-state index contributed by atoms with van der Waals surface area (Å²) in [4.78, 5) is 22.8. The molecule has 0 saturated carbocycles. The van der Waals surface area contributed by atoms with E-state index in [9.17, 15) is 9.90 Å². The number of carbonyl (C=O) groups is 1. The van der Waals surface area contributed by atoms with Crippen molar-refractivity contribution in [2.75, 3.05) is 25.5 Å². The minimum atomic E-state index is -0.385. The van der Waals surface area contributed by atoms with Gasteiger partial charge < -0.3 is 20.1 Å². The van der Waals surface area contributed by atoms with Gasteiger partial charge >= 0.3 is 0 Å². The van der Waals surface area contributed by atoms with Crippen molar-refractivity contribution in [1.82, 2.24) is 14.9 Å². The molecule has 2 aliphatic rings. The molecule has 0 unspecified atom stereocenters. The van der Waals surface area contributed by atoms with E-state index < -0.39 is 0 Å². The number of piperidine rings is 1. The van der Waals surface area contributed by atoms with Crippen LogP contribution in [0.1, 0.15) is 47.7 Å². The van der Waals surface area contributed by atoms with Gasteiger partial charge in [0.15, 0.2) is 0 Å². The molecule has 1 aromatic heterocycles. The summed E-state index contributed by atoms with van der Waals surface area (Å²) >= 11 is 0. The predicted molar refractivity (Wildman–Crippen MR) is 105 cm³/mol. The van der Waals surface area contributed by atoms with Gasteiger partial charge in [-0.3, -0.25) is 4.79 Å². The fraction of sp³-hybridized carbons (Fsp3) is 0.476. The lowest BCUT2D eigenvalue weighted by atomic mass is 9.81. The first-order valence-corrected chi connectivity index (χ1v) is 9.78. The summed E-state index contributed by atoms with van der Waals surface area (Å²) in [5.74, 6) is 0.430. The molecule has 2 aromatic rings. The standard InChI is InChI=1S/C21H26N4O3/c1-22-20-23-13-16(14-24-20)19(27)25-9-7-21(8-10-25)12-17(26)11-18(28-21)15-5-3-2-4-6-15/h2-6,13-14,17-18,26H,7-12H2,1H3,(H,22,23,24)/t17-,18-/m1/s1. The van der Waals surface area contributed by atoms with Gasteiger partial charge in [-0.2, -0.15) is 0 Å². The molecule has 2 aliphatic heterocycles. The molecule has 7 nitrogen and oxygen atoms in total. The van der Waals surface area contributed by atoms with Crippen LogP contribution in [0, 0.1) is 0 Å². The molecule has 148 valence electrons. The highest BCUT2D eigenvalue weighted by atomic mass is 16.5. The number of likely N-dealkylation sites (tertiary alicyclic amines) is 1. The number of hydrogen-bond donors (Lipinski definition) is 2. The second-order valence-corrected chi connectivity index (χ2v) is 7.63. The molecule has 2 atom stereocenters. The van der Waals surface area contributed by atoms with Crippen molar-refractivity contribution in [3.63, 3.8) is 0 Å². The summed E-state index contributed by atoms with van der Waals surface area (Å²) in [6, 6.07) is 10.1. The Hall–Kier alpha value is -2.51. The van der Waals surface area contributed by atoms with Crippen molar-refractivity contribution in [2.24, 2.45) is 0 Å². The summed E-state index contributed by atoms with van der Waals surface area (Å²) in [6.07, 6.45) is 5.29. The Bertz CT molecular complexity index is 804.